The van der Waals surface area contributed by atoms with E-state index >= 15 is 0 Å². The lowest BCUT2D eigenvalue weighted by Crippen LogP contribution is -2.63. The van der Waals surface area contributed by atoms with Crippen LogP contribution in [0.15, 0.2) is 103 Å². The van der Waals surface area contributed by atoms with Crippen LogP contribution in [0.1, 0.15) is 0 Å². The molecule has 37 heavy (non-hydrogen) atoms. The number of fused-ring (bicyclic) bond motifs is 2. The molecule has 4 rings (SSSR count). The summed E-state index contributed by atoms with van der Waals surface area (Å²) in [6, 6.07) is 28.4. The van der Waals surface area contributed by atoms with E-state index in [2.05, 4.69) is 78.9 Å². The lowest BCUT2D eigenvalue weighted by molar-refractivity contribution is -0.382. The number of hydrogen-bond donors (Lipinski definition) is 0. The normalized spacial score (nSPS) is 14.8. The van der Waals surface area contributed by atoms with Crippen LogP contribution in [0.4, 0.5) is 39.5 Å². The zero-order valence-electron chi connectivity index (χ0n) is 17.9. The molecule has 0 aliphatic carbocycles. The highest BCUT2D eigenvalue weighted by atomic mass is 32.2. The predicted molar refractivity (Wildman–Crippen MR) is 116 cm³/mol. The molecule has 0 spiro atoms. The Hall–Kier alpha value is -2.36. The van der Waals surface area contributed by atoms with Gasteiger partial charge in [0.25, 0.3) is 0 Å². The minimum atomic E-state index is -7.43. The summed E-state index contributed by atoms with van der Waals surface area (Å²) in [6.45, 7) is 0. The third kappa shape index (κ3) is 5.31. The van der Waals surface area contributed by atoms with Gasteiger partial charge in [-0.2, -0.15) is 39.5 Å². The SMILES string of the molecule is O=S(=O)([O-])C(F)(F)C(F)(F)C(F)(F)C(F)(F)F.c1ccc([S+]2c3ccccc3Sc3ccccc32)cc1. The van der Waals surface area contributed by atoms with E-state index in [-0.39, 0.29) is 10.9 Å². The standard InChI is InChI=1S/C18H13S2.C4HF9O3S/c1-2-8-14(9-3-1)20-17-12-6-4-10-15(17)19-16-11-5-7-13-18(16)20;5-1(6,3(9,10)11)2(7,8)4(12,13)17(14,15)16/h1-13H;(H,14,15,16)/q+1;/p-1. The fourth-order valence-corrected chi connectivity index (χ4v) is 7.17. The summed E-state index contributed by atoms with van der Waals surface area (Å²) in [6.07, 6.45) is -7.16. The molecule has 15 heteroatoms. The number of benzene rings is 3. The Morgan fingerprint density at radius 3 is 1.43 bits per heavy atom. The highest BCUT2D eigenvalue weighted by Crippen LogP contribution is 2.54. The maximum Gasteiger partial charge on any atom is 0.460 e. The van der Waals surface area contributed by atoms with Crippen molar-refractivity contribution in [2.75, 3.05) is 0 Å². The molecule has 0 amide bonds. The summed E-state index contributed by atoms with van der Waals surface area (Å²) in [5, 5.41) is -7.11. The minimum absolute atomic E-state index is 0.0212. The molecule has 0 fully saturated rings. The lowest BCUT2D eigenvalue weighted by Gasteiger charge is -2.34. The van der Waals surface area contributed by atoms with Crippen molar-refractivity contribution >= 4 is 32.8 Å². The Bertz CT molecular complexity index is 1320. The van der Waals surface area contributed by atoms with E-state index in [0.29, 0.717) is 0 Å². The molecule has 0 radical (unpaired) electrons. The first-order valence-corrected chi connectivity index (χ1v) is 13.2. The van der Waals surface area contributed by atoms with Gasteiger partial charge in [-0.15, -0.1) is 0 Å². The van der Waals surface area contributed by atoms with Crippen LogP contribution in [0.25, 0.3) is 0 Å². The lowest BCUT2D eigenvalue weighted by atomic mass is 10.1. The van der Waals surface area contributed by atoms with Gasteiger partial charge in [0.15, 0.2) is 24.8 Å². The van der Waals surface area contributed by atoms with E-state index in [4.69, 9.17) is 0 Å². The van der Waals surface area contributed by atoms with Crippen molar-refractivity contribution < 1.29 is 52.5 Å². The monoisotopic (exact) mass is 592 g/mol. The van der Waals surface area contributed by atoms with Crippen molar-refractivity contribution in [3.63, 3.8) is 0 Å². The first-order valence-electron chi connectivity index (χ1n) is 9.74. The van der Waals surface area contributed by atoms with E-state index in [1.807, 2.05) is 11.8 Å². The molecule has 0 bridgehead atoms. The summed E-state index contributed by atoms with van der Waals surface area (Å²) in [5.74, 6) is -14.8. The molecule has 1 aliphatic rings. The van der Waals surface area contributed by atoms with Crippen molar-refractivity contribution in [1.82, 2.24) is 0 Å². The second kappa shape index (κ2) is 10.1. The molecular weight excluding hydrogens is 579 g/mol. The quantitative estimate of drug-likeness (QED) is 0.143. The molecule has 0 saturated heterocycles. The molecule has 0 N–H and O–H groups in total. The zero-order chi connectivity index (χ0) is 27.9. The zero-order valence-corrected chi connectivity index (χ0v) is 20.3. The summed E-state index contributed by atoms with van der Waals surface area (Å²) >= 11 is 1.89. The minimum Gasteiger partial charge on any atom is -0.743 e. The second-order valence-corrected chi connectivity index (χ2v) is 11.7. The molecule has 3 aromatic rings. The number of halogens is 9. The van der Waals surface area contributed by atoms with Crippen LogP contribution in [0.2, 0.25) is 0 Å². The average molecular weight is 593 g/mol. The van der Waals surface area contributed by atoms with Gasteiger partial charge in [-0.1, -0.05) is 54.2 Å². The Balaban J connectivity index is 0.000000210. The van der Waals surface area contributed by atoms with Crippen molar-refractivity contribution in [1.29, 1.82) is 0 Å². The van der Waals surface area contributed by atoms with E-state index in [1.54, 1.807) is 0 Å². The van der Waals surface area contributed by atoms with Crippen molar-refractivity contribution in [3.8, 4) is 0 Å². The maximum atomic E-state index is 12.2. The third-order valence-corrected chi connectivity index (χ3v) is 9.40. The fourth-order valence-electron chi connectivity index (χ4n) is 2.97. The van der Waals surface area contributed by atoms with Crippen LogP contribution >= 0.6 is 11.8 Å². The van der Waals surface area contributed by atoms with Crippen LogP contribution in [0.5, 0.6) is 0 Å². The number of alkyl halides is 9. The van der Waals surface area contributed by atoms with Crippen LogP contribution in [-0.4, -0.2) is 36.2 Å². The van der Waals surface area contributed by atoms with Gasteiger partial charge in [0.05, 0.1) is 9.79 Å². The van der Waals surface area contributed by atoms with Crippen molar-refractivity contribution in [2.24, 2.45) is 0 Å². The van der Waals surface area contributed by atoms with Gasteiger partial charge < -0.3 is 4.55 Å². The van der Waals surface area contributed by atoms with Crippen LogP contribution in [-0.2, 0) is 21.0 Å². The summed E-state index contributed by atoms with van der Waals surface area (Å²) in [5.41, 5.74) is 0. The van der Waals surface area contributed by atoms with Crippen molar-refractivity contribution in [3.05, 3.63) is 78.9 Å². The van der Waals surface area contributed by atoms with Crippen LogP contribution in [0, 0.1) is 0 Å². The average Bonchev–Trinajstić information content (AvgIpc) is 2.81. The van der Waals surface area contributed by atoms with E-state index in [1.165, 1.54) is 24.5 Å². The number of rotatable bonds is 4. The van der Waals surface area contributed by atoms with Crippen LogP contribution < -0.4 is 0 Å². The summed E-state index contributed by atoms with van der Waals surface area (Å²) in [7, 11) is -7.40. The van der Waals surface area contributed by atoms with Crippen LogP contribution in [0.3, 0.4) is 0 Å². The van der Waals surface area contributed by atoms with Gasteiger partial charge in [-0.3, -0.25) is 0 Å². The third-order valence-electron chi connectivity index (χ3n) is 4.77. The van der Waals surface area contributed by atoms with Gasteiger partial charge >= 0.3 is 23.3 Å². The highest BCUT2D eigenvalue weighted by Gasteiger charge is 2.83. The topological polar surface area (TPSA) is 57.2 Å². The Kier molecular flexibility index (Phi) is 7.95. The Labute approximate surface area is 211 Å². The number of hydrogen-bond acceptors (Lipinski definition) is 4. The van der Waals surface area contributed by atoms with E-state index < -0.39 is 33.4 Å². The molecule has 0 unspecified atom stereocenters. The first kappa shape index (κ1) is 29.2. The fraction of sp³-hybridized carbons (Fsp3) is 0.182. The molecule has 200 valence electrons. The Morgan fingerprint density at radius 1 is 0.622 bits per heavy atom. The van der Waals surface area contributed by atoms with E-state index in [9.17, 15) is 52.5 Å². The van der Waals surface area contributed by atoms with Crippen molar-refractivity contribution in [2.45, 2.75) is 47.8 Å². The molecule has 3 aromatic carbocycles. The van der Waals surface area contributed by atoms with E-state index in [0.717, 1.165) is 0 Å². The predicted octanol–water partition coefficient (Wildman–Crippen LogP) is 7.20. The molecule has 0 aromatic heterocycles. The first-order chi connectivity index (χ1) is 16.9. The smallest absolute Gasteiger partial charge is 0.460 e. The largest absolute Gasteiger partial charge is 0.743 e. The summed E-state index contributed by atoms with van der Waals surface area (Å²) < 4.78 is 135. The highest BCUT2D eigenvalue weighted by molar-refractivity contribution is 8.04. The van der Waals surface area contributed by atoms with Gasteiger partial charge in [0.2, 0.25) is 0 Å². The molecule has 1 heterocycles. The second-order valence-electron chi connectivity index (χ2n) is 7.23. The Morgan fingerprint density at radius 2 is 1.03 bits per heavy atom. The molecular formula is C22H13F9O3S3. The molecule has 0 saturated carbocycles. The maximum absolute atomic E-state index is 12.2. The van der Waals surface area contributed by atoms with Gasteiger partial charge in [0, 0.05) is 0 Å². The molecule has 3 nitrogen and oxygen atoms in total. The van der Waals surface area contributed by atoms with Gasteiger partial charge in [0.1, 0.15) is 10.9 Å². The van der Waals surface area contributed by atoms with Gasteiger partial charge in [-0.05, 0) is 36.4 Å². The summed E-state index contributed by atoms with van der Waals surface area (Å²) in [4.78, 5) is 7.06. The van der Waals surface area contributed by atoms with Gasteiger partial charge in [-0.25, -0.2) is 8.42 Å². The molecule has 0 atom stereocenters. The molecule has 1 aliphatic heterocycles.